The number of hydrogen-bond acceptors (Lipinski definition) is 6. The molecule has 6 nitrogen and oxygen atoms in total. The van der Waals surface area contributed by atoms with Crippen molar-refractivity contribution in [2.45, 2.75) is 13.8 Å². The van der Waals surface area contributed by atoms with E-state index >= 15 is 0 Å². The Morgan fingerprint density at radius 1 is 0.714 bits per heavy atom. The van der Waals surface area contributed by atoms with Crippen molar-refractivity contribution in [3.63, 3.8) is 0 Å². The number of benzene rings is 1. The van der Waals surface area contributed by atoms with Gasteiger partial charge >= 0.3 is 0 Å². The van der Waals surface area contributed by atoms with Crippen LogP contribution in [0.25, 0.3) is 0 Å². The van der Waals surface area contributed by atoms with Gasteiger partial charge in [-0.2, -0.15) is 10.2 Å². The van der Waals surface area contributed by atoms with E-state index in [-0.39, 0.29) is 11.8 Å². The topological polar surface area (TPSA) is 82.9 Å². The Kier molecular flexibility index (Phi) is 6.46. The van der Waals surface area contributed by atoms with Crippen molar-refractivity contribution in [3.8, 4) is 0 Å². The maximum atomic E-state index is 12.2. The van der Waals surface area contributed by atoms with E-state index in [0.717, 1.165) is 21.2 Å². The molecule has 0 bridgehead atoms. The van der Waals surface area contributed by atoms with Gasteiger partial charge < -0.3 is 0 Å². The molecule has 0 aliphatic heterocycles. The minimum absolute atomic E-state index is 0.338. The van der Waals surface area contributed by atoms with Crippen LogP contribution in [0.5, 0.6) is 0 Å². The van der Waals surface area contributed by atoms with Gasteiger partial charge in [-0.1, -0.05) is 12.1 Å². The molecule has 0 radical (unpaired) electrons. The van der Waals surface area contributed by atoms with Gasteiger partial charge in [-0.25, -0.2) is 10.9 Å². The Balaban J connectivity index is 1.59. The lowest BCUT2D eigenvalue weighted by Crippen LogP contribution is -2.21. The van der Waals surface area contributed by atoms with Crippen molar-refractivity contribution in [1.82, 2.24) is 10.9 Å². The van der Waals surface area contributed by atoms with Crippen molar-refractivity contribution < 1.29 is 9.59 Å². The molecular weight excluding hydrogens is 392 g/mol. The van der Waals surface area contributed by atoms with Gasteiger partial charge in [0.2, 0.25) is 0 Å². The minimum Gasteiger partial charge on any atom is -0.267 e. The number of rotatable bonds is 6. The first-order chi connectivity index (χ1) is 13.5. The summed E-state index contributed by atoms with van der Waals surface area (Å²) in [7, 11) is 0. The maximum absolute atomic E-state index is 12.2. The lowest BCUT2D eigenvalue weighted by Gasteiger charge is -2.04. The zero-order valence-corrected chi connectivity index (χ0v) is 16.9. The average Bonchev–Trinajstić information content (AvgIpc) is 3.44. The van der Waals surface area contributed by atoms with Gasteiger partial charge in [-0.15, -0.1) is 22.7 Å². The predicted octanol–water partition coefficient (Wildman–Crippen LogP) is 4.12. The molecule has 0 aliphatic carbocycles. The van der Waals surface area contributed by atoms with Crippen LogP contribution in [-0.2, 0) is 0 Å². The summed E-state index contributed by atoms with van der Waals surface area (Å²) in [4.78, 5) is 26.4. The number of nitrogens with one attached hydrogen (secondary N) is 2. The molecule has 8 heteroatoms. The van der Waals surface area contributed by atoms with E-state index in [2.05, 4.69) is 21.1 Å². The number of hydrazone groups is 2. The number of hydrogen-bond donors (Lipinski definition) is 2. The molecule has 2 aromatic heterocycles. The van der Waals surface area contributed by atoms with Gasteiger partial charge in [0.1, 0.15) is 0 Å². The molecule has 0 saturated heterocycles. The second kappa shape index (κ2) is 9.20. The summed E-state index contributed by atoms with van der Waals surface area (Å²) >= 11 is 3.11. The van der Waals surface area contributed by atoms with Crippen molar-refractivity contribution in [1.29, 1.82) is 0 Å². The molecule has 0 unspecified atom stereocenters. The maximum Gasteiger partial charge on any atom is 0.271 e. The average molecular weight is 411 g/mol. The van der Waals surface area contributed by atoms with E-state index in [0.29, 0.717) is 11.1 Å². The van der Waals surface area contributed by atoms with Gasteiger partial charge in [-0.05, 0) is 61.0 Å². The van der Waals surface area contributed by atoms with Gasteiger partial charge in [0.25, 0.3) is 11.8 Å². The van der Waals surface area contributed by atoms with E-state index in [1.165, 1.54) is 0 Å². The zero-order chi connectivity index (χ0) is 19.9. The summed E-state index contributed by atoms with van der Waals surface area (Å²) < 4.78 is 0. The number of amides is 2. The highest BCUT2D eigenvalue weighted by Gasteiger charge is 2.09. The molecule has 0 atom stereocenters. The van der Waals surface area contributed by atoms with Crippen molar-refractivity contribution in [2.24, 2.45) is 10.2 Å². The van der Waals surface area contributed by atoms with Gasteiger partial charge in [0.15, 0.2) is 0 Å². The summed E-state index contributed by atoms with van der Waals surface area (Å²) in [5, 5.41) is 12.1. The monoisotopic (exact) mass is 410 g/mol. The van der Waals surface area contributed by atoms with Crippen LogP contribution in [0.2, 0.25) is 0 Å². The molecule has 0 saturated carbocycles. The lowest BCUT2D eigenvalue weighted by atomic mass is 10.1. The molecule has 2 N–H and O–H groups in total. The molecule has 142 valence electrons. The third-order valence-electron chi connectivity index (χ3n) is 3.82. The van der Waals surface area contributed by atoms with Crippen LogP contribution in [0, 0.1) is 0 Å². The van der Waals surface area contributed by atoms with E-state index in [4.69, 9.17) is 0 Å². The van der Waals surface area contributed by atoms with Gasteiger partial charge in [0.05, 0.1) is 11.4 Å². The van der Waals surface area contributed by atoms with Crippen molar-refractivity contribution >= 4 is 45.9 Å². The standard InChI is InChI=1S/C20H18N4O2S2/c1-13(17-5-3-11-27-17)21-23-19(25)15-7-9-16(10-8-15)20(26)24-22-14(2)18-6-4-12-28-18/h3-12H,1-2H3,(H,23,25)(H,24,26). The van der Waals surface area contributed by atoms with Crippen molar-refractivity contribution in [3.05, 3.63) is 80.2 Å². The Hall–Kier alpha value is -3.10. The summed E-state index contributed by atoms with van der Waals surface area (Å²) in [5.74, 6) is -0.677. The highest BCUT2D eigenvalue weighted by molar-refractivity contribution is 7.12. The van der Waals surface area contributed by atoms with E-state index in [1.54, 1.807) is 46.9 Å². The molecule has 28 heavy (non-hydrogen) atoms. The molecule has 1 aromatic carbocycles. The fraction of sp³-hybridized carbons (Fsp3) is 0.100. The van der Waals surface area contributed by atoms with Crippen LogP contribution >= 0.6 is 22.7 Å². The summed E-state index contributed by atoms with van der Waals surface area (Å²) in [5.41, 5.74) is 7.35. The molecule has 0 aliphatic rings. The molecule has 2 amide bonds. The van der Waals surface area contributed by atoms with E-state index < -0.39 is 0 Å². The minimum atomic E-state index is -0.338. The molecule has 0 fully saturated rings. The molecule has 0 spiro atoms. The third-order valence-corrected chi connectivity index (χ3v) is 5.77. The zero-order valence-electron chi connectivity index (χ0n) is 15.3. The fourth-order valence-electron chi connectivity index (χ4n) is 2.25. The van der Waals surface area contributed by atoms with Crippen LogP contribution in [-0.4, -0.2) is 23.2 Å². The molecule has 3 aromatic rings. The first-order valence-electron chi connectivity index (χ1n) is 8.41. The van der Waals surface area contributed by atoms with E-state index in [9.17, 15) is 9.59 Å². The van der Waals surface area contributed by atoms with Gasteiger partial charge in [0, 0.05) is 20.9 Å². The quantitative estimate of drug-likeness (QED) is 0.473. The largest absolute Gasteiger partial charge is 0.271 e. The van der Waals surface area contributed by atoms with Crippen LogP contribution < -0.4 is 10.9 Å². The third kappa shape index (κ3) is 4.99. The smallest absolute Gasteiger partial charge is 0.267 e. The number of nitrogens with zero attached hydrogens (tertiary/aromatic N) is 2. The lowest BCUT2D eigenvalue weighted by molar-refractivity contribution is 0.0943. The highest BCUT2D eigenvalue weighted by atomic mass is 32.1. The van der Waals surface area contributed by atoms with E-state index in [1.807, 2.05) is 48.9 Å². The van der Waals surface area contributed by atoms with Crippen LogP contribution in [0.1, 0.15) is 44.3 Å². The summed E-state index contributed by atoms with van der Waals surface area (Å²) in [6.07, 6.45) is 0. The molecule has 3 rings (SSSR count). The normalized spacial score (nSPS) is 11.9. The first kappa shape index (κ1) is 19.7. The fourth-order valence-corrected chi connectivity index (χ4v) is 3.60. The van der Waals surface area contributed by atoms with Gasteiger partial charge in [-0.3, -0.25) is 9.59 Å². The predicted molar refractivity (Wildman–Crippen MR) is 114 cm³/mol. The summed E-state index contributed by atoms with van der Waals surface area (Å²) in [6.45, 7) is 3.66. The Bertz CT molecular complexity index is 922. The van der Waals surface area contributed by atoms with Crippen LogP contribution in [0.3, 0.4) is 0 Å². The SMILES string of the molecule is CC(=NNC(=O)c1ccc(C(=O)NN=C(C)c2cccs2)cc1)c1cccs1. The highest BCUT2D eigenvalue weighted by Crippen LogP contribution is 2.11. The Labute approximate surface area is 170 Å². The van der Waals surface area contributed by atoms with Crippen LogP contribution in [0.4, 0.5) is 0 Å². The number of carbonyl (C=O) groups is 2. The second-order valence-corrected chi connectivity index (χ2v) is 7.70. The Morgan fingerprint density at radius 2 is 1.11 bits per heavy atom. The number of carbonyl (C=O) groups excluding carboxylic acids is 2. The second-order valence-electron chi connectivity index (χ2n) is 5.81. The summed E-state index contributed by atoms with van der Waals surface area (Å²) in [6, 6.07) is 14.0. The van der Waals surface area contributed by atoms with Crippen molar-refractivity contribution in [2.75, 3.05) is 0 Å². The van der Waals surface area contributed by atoms with Crippen LogP contribution in [0.15, 0.2) is 69.5 Å². The first-order valence-corrected chi connectivity index (χ1v) is 10.2. The Morgan fingerprint density at radius 3 is 1.43 bits per heavy atom. The number of thiophene rings is 2. The molecular formula is C20H18N4O2S2. The molecule has 2 heterocycles.